The zero-order chi connectivity index (χ0) is 13.7. The molecule has 0 aromatic heterocycles. The van der Waals surface area contributed by atoms with Crippen molar-refractivity contribution in [2.75, 3.05) is 25.5 Å². The van der Waals surface area contributed by atoms with Gasteiger partial charge in [0, 0.05) is 25.4 Å². The van der Waals surface area contributed by atoms with E-state index in [2.05, 4.69) is 5.32 Å². The Labute approximate surface area is 113 Å². The normalized spacial score (nSPS) is 18.3. The number of nitrogens with zero attached hydrogens (tertiary/aromatic N) is 1. The quantitative estimate of drug-likeness (QED) is 0.811. The van der Waals surface area contributed by atoms with E-state index in [1.54, 1.807) is 4.90 Å². The van der Waals surface area contributed by atoms with Gasteiger partial charge >= 0.3 is 6.03 Å². The number of nitrogens with two attached hydrogens (primary N) is 1. The number of nitrogen functional groups attached to an aromatic ring is 1. The predicted octanol–water partition coefficient (Wildman–Crippen LogP) is 1.59. The summed E-state index contributed by atoms with van der Waals surface area (Å²) in [4.78, 5) is 13.9. The fourth-order valence-electron chi connectivity index (χ4n) is 2.13. The molecule has 1 aromatic carbocycles. The first-order valence-electron chi connectivity index (χ1n) is 6.67. The van der Waals surface area contributed by atoms with Crippen LogP contribution in [0.15, 0.2) is 24.3 Å². The third kappa shape index (κ3) is 3.61. The van der Waals surface area contributed by atoms with E-state index >= 15 is 0 Å². The summed E-state index contributed by atoms with van der Waals surface area (Å²) in [7, 11) is 0. The Bertz CT molecular complexity index is 430. The first-order chi connectivity index (χ1) is 9.20. The SMILES string of the molecule is CCN(Cc1ccccc1N)C(=O)NC1CCOC1. The molecule has 0 aliphatic carbocycles. The molecule has 1 heterocycles. The van der Waals surface area contributed by atoms with Gasteiger partial charge in [-0.15, -0.1) is 0 Å². The minimum absolute atomic E-state index is 0.0544. The standard InChI is InChI=1S/C14H21N3O2/c1-2-17(9-11-5-3-4-6-13(11)15)14(18)16-12-7-8-19-10-12/h3-6,12H,2,7-10,15H2,1H3,(H,16,18). The average molecular weight is 263 g/mol. The average Bonchev–Trinajstić information content (AvgIpc) is 2.90. The molecule has 1 atom stereocenters. The van der Waals surface area contributed by atoms with Gasteiger partial charge in [-0.3, -0.25) is 0 Å². The number of ether oxygens (including phenoxy) is 1. The highest BCUT2D eigenvalue weighted by atomic mass is 16.5. The zero-order valence-electron chi connectivity index (χ0n) is 11.3. The molecule has 19 heavy (non-hydrogen) atoms. The number of para-hydroxylation sites is 1. The highest BCUT2D eigenvalue weighted by molar-refractivity contribution is 5.74. The Kier molecular flexibility index (Phi) is 4.63. The summed E-state index contributed by atoms with van der Waals surface area (Å²) in [6.45, 7) is 4.47. The lowest BCUT2D eigenvalue weighted by Gasteiger charge is -2.24. The fourth-order valence-corrected chi connectivity index (χ4v) is 2.13. The lowest BCUT2D eigenvalue weighted by Crippen LogP contribution is -2.44. The smallest absolute Gasteiger partial charge is 0.317 e. The number of rotatable bonds is 4. The maximum absolute atomic E-state index is 12.2. The number of anilines is 1. The molecule has 0 radical (unpaired) electrons. The molecular formula is C14H21N3O2. The van der Waals surface area contributed by atoms with Gasteiger partial charge in [0.15, 0.2) is 0 Å². The number of hydrogen-bond acceptors (Lipinski definition) is 3. The second kappa shape index (κ2) is 6.43. The van der Waals surface area contributed by atoms with Crippen LogP contribution in [0.1, 0.15) is 18.9 Å². The van der Waals surface area contributed by atoms with E-state index in [1.807, 2.05) is 31.2 Å². The van der Waals surface area contributed by atoms with Crippen molar-refractivity contribution in [1.29, 1.82) is 0 Å². The van der Waals surface area contributed by atoms with E-state index in [9.17, 15) is 4.79 Å². The largest absolute Gasteiger partial charge is 0.398 e. The second-order valence-corrected chi connectivity index (χ2v) is 4.72. The van der Waals surface area contributed by atoms with E-state index in [0.717, 1.165) is 24.3 Å². The van der Waals surface area contributed by atoms with Gasteiger partial charge in [-0.2, -0.15) is 0 Å². The van der Waals surface area contributed by atoms with Gasteiger partial charge in [-0.25, -0.2) is 4.79 Å². The predicted molar refractivity (Wildman–Crippen MR) is 74.7 cm³/mol. The summed E-state index contributed by atoms with van der Waals surface area (Å²) < 4.78 is 5.26. The molecule has 1 unspecified atom stereocenters. The van der Waals surface area contributed by atoms with E-state index < -0.39 is 0 Å². The van der Waals surface area contributed by atoms with Gasteiger partial charge in [-0.1, -0.05) is 18.2 Å². The van der Waals surface area contributed by atoms with Gasteiger partial charge < -0.3 is 20.7 Å². The summed E-state index contributed by atoms with van der Waals surface area (Å²) in [5.41, 5.74) is 7.60. The minimum atomic E-state index is -0.0544. The Balaban J connectivity index is 1.95. The number of urea groups is 1. The molecule has 2 rings (SSSR count). The summed E-state index contributed by atoms with van der Waals surface area (Å²) in [6, 6.07) is 7.71. The number of nitrogens with one attached hydrogen (secondary N) is 1. The van der Waals surface area contributed by atoms with Gasteiger partial charge in [-0.05, 0) is 25.0 Å². The highest BCUT2D eigenvalue weighted by Crippen LogP contribution is 2.14. The van der Waals surface area contributed by atoms with Crippen LogP contribution in [0.3, 0.4) is 0 Å². The molecule has 5 nitrogen and oxygen atoms in total. The molecular weight excluding hydrogens is 242 g/mol. The maximum Gasteiger partial charge on any atom is 0.317 e. The second-order valence-electron chi connectivity index (χ2n) is 4.72. The third-order valence-electron chi connectivity index (χ3n) is 3.34. The van der Waals surface area contributed by atoms with E-state index in [1.165, 1.54) is 0 Å². The van der Waals surface area contributed by atoms with Gasteiger partial charge in [0.2, 0.25) is 0 Å². The van der Waals surface area contributed by atoms with Crippen molar-refractivity contribution in [2.45, 2.75) is 25.9 Å². The van der Waals surface area contributed by atoms with Crippen LogP contribution < -0.4 is 11.1 Å². The van der Waals surface area contributed by atoms with Crippen molar-refractivity contribution in [1.82, 2.24) is 10.2 Å². The lowest BCUT2D eigenvalue weighted by atomic mass is 10.1. The van der Waals surface area contributed by atoms with Crippen molar-refractivity contribution in [3.05, 3.63) is 29.8 Å². The maximum atomic E-state index is 12.2. The van der Waals surface area contributed by atoms with Crippen LogP contribution in [0.4, 0.5) is 10.5 Å². The first kappa shape index (κ1) is 13.7. The van der Waals surface area contributed by atoms with Crippen molar-refractivity contribution >= 4 is 11.7 Å². The molecule has 3 N–H and O–H groups in total. The molecule has 0 saturated carbocycles. The lowest BCUT2D eigenvalue weighted by molar-refractivity contribution is 0.178. The van der Waals surface area contributed by atoms with Crippen LogP contribution in [0.2, 0.25) is 0 Å². The van der Waals surface area contributed by atoms with Crippen molar-refractivity contribution in [3.8, 4) is 0 Å². The number of benzene rings is 1. The van der Waals surface area contributed by atoms with Gasteiger partial charge in [0.25, 0.3) is 0 Å². The topological polar surface area (TPSA) is 67.6 Å². The highest BCUT2D eigenvalue weighted by Gasteiger charge is 2.21. The Morgan fingerprint density at radius 2 is 2.32 bits per heavy atom. The molecule has 1 saturated heterocycles. The van der Waals surface area contributed by atoms with Crippen molar-refractivity contribution < 1.29 is 9.53 Å². The number of carbonyl (C=O) groups excluding carboxylic acids is 1. The Morgan fingerprint density at radius 3 is 2.95 bits per heavy atom. The molecule has 0 bridgehead atoms. The molecule has 1 aliphatic rings. The van der Waals surface area contributed by atoms with E-state index in [4.69, 9.17) is 10.5 Å². The Hall–Kier alpha value is -1.75. The molecule has 1 aliphatic heterocycles. The molecule has 5 heteroatoms. The van der Waals surface area contributed by atoms with Crippen LogP contribution in [-0.4, -0.2) is 36.7 Å². The Morgan fingerprint density at radius 1 is 1.53 bits per heavy atom. The number of carbonyl (C=O) groups is 1. The third-order valence-corrected chi connectivity index (χ3v) is 3.34. The number of amides is 2. The fraction of sp³-hybridized carbons (Fsp3) is 0.500. The van der Waals surface area contributed by atoms with Crippen LogP contribution in [-0.2, 0) is 11.3 Å². The zero-order valence-corrected chi connectivity index (χ0v) is 11.3. The number of hydrogen-bond donors (Lipinski definition) is 2. The molecule has 2 amide bonds. The van der Waals surface area contributed by atoms with Crippen molar-refractivity contribution in [3.63, 3.8) is 0 Å². The molecule has 1 aromatic rings. The minimum Gasteiger partial charge on any atom is -0.398 e. The van der Waals surface area contributed by atoms with Crippen LogP contribution in [0.25, 0.3) is 0 Å². The summed E-state index contributed by atoms with van der Waals surface area (Å²) >= 11 is 0. The monoisotopic (exact) mass is 263 g/mol. The van der Waals surface area contributed by atoms with Crippen molar-refractivity contribution in [2.24, 2.45) is 0 Å². The van der Waals surface area contributed by atoms with E-state index in [0.29, 0.717) is 19.7 Å². The summed E-state index contributed by atoms with van der Waals surface area (Å²) in [5.74, 6) is 0. The van der Waals surface area contributed by atoms with Crippen LogP contribution in [0.5, 0.6) is 0 Å². The van der Waals surface area contributed by atoms with Crippen LogP contribution in [0, 0.1) is 0 Å². The molecule has 1 fully saturated rings. The summed E-state index contributed by atoms with van der Waals surface area (Å²) in [6.07, 6.45) is 0.886. The van der Waals surface area contributed by atoms with E-state index in [-0.39, 0.29) is 12.1 Å². The summed E-state index contributed by atoms with van der Waals surface area (Å²) in [5, 5.41) is 2.99. The van der Waals surface area contributed by atoms with Gasteiger partial charge in [0.05, 0.1) is 12.6 Å². The first-order valence-corrected chi connectivity index (χ1v) is 6.67. The van der Waals surface area contributed by atoms with Crippen LogP contribution >= 0.6 is 0 Å². The molecule has 104 valence electrons. The molecule has 0 spiro atoms. The van der Waals surface area contributed by atoms with Gasteiger partial charge in [0.1, 0.15) is 0 Å².